The van der Waals surface area contributed by atoms with Gasteiger partial charge in [0.2, 0.25) is 5.95 Å². The van der Waals surface area contributed by atoms with E-state index >= 15 is 0 Å². The van der Waals surface area contributed by atoms with Crippen LogP contribution in [0.2, 0.25) is 5.15 Å². The fourth-order valence-corrected chi connectivity index (χ4v) is 2.54. The first kappa shape index (κ1) is 11.6. The number of halogens is 1. The molecule has 0 atom stereocenters. The van der Waals surface area contributed by atoms with E-state index in [4.69, 9.17) is 11.6 Å². The minimum atomic E-state index is 0.528. The lowest BCUT2D eigenvalue weighted by molar-refractivity contribution is 0.685. The number of aromatic nitrogens is 2. The van der Waals surface area contributed by atoms with Crippen LogP contribution in [0.4, 0.5) is 5.95 Å². The SMILES string of the molecule is Cc1cc2c(Cl)nc(NCC(C)C)nc2s1. The van der Waals surface area contributed by atoms with Gasteiger partial charge in [-0.1, -0.05) is 25.4 Å². The fourth-order valence-electron chi connectivity index (χ4n) is 1.38. The minimum Gasteiger partial charge on any atom is -0.354 e. The van der Waals surface area contributed by atoms with Crippen LogP contribution in [-0.4, -0.2) is 16.5 Å². The van der Waals surface area contributed by atoms with Gasteiger partial charge in [-0.3, -0.25) is 0 Å². The van der Waals surface area contributed by atoms with Crippen molar-refractivity contribution >= 4 is 39.1 Å². The summed E-state index contributed by atoms with van der Waals surface area (Å²) in [4.78, 5) is 10.8. The molecule has 5 heteroatoms. The first-order valence-corrected chi connectivity index (χ1v) is 6.43. The van der Waals surface area contributed by atoms with E-state index in [1.54, 1.807) is 11.3 Å². The van der Waals surface area contributed by atoms with Crippen LogP contribution in [-0.2, 0) is 0 Å². The summed E-state index contributed by atoms with van der Waals surface area (Å²) in [6.07, 6.45) is 0. The number of hydrogen-bond donors (Lipinski definition) is 1. The molecular formula is C11H14ClN3S. The second-order valence-corrected chi connectivity index (χ2v) is 5.78. The number of thiophene rings is 1. The van der Waals surface area contributed by atoms with Crippen LogP contribution in [0.1, 0.15) is 18.7 Å². The zero-order chi connectivity index (χ0) is 11.7. The molecule has 0 fully saturated rings. The quantitative estimate of drug-likeness (QED) is 0.850. The molecule has 3 nitrogen and oxygen atoms in total. The fraction of sp³-hybridized carbons (Fsp3) is 0.455. The number of fused-ring (bicyclic) bond motifs is 1. The van der Waals surface area contributed by atoms with E-state index < -0.39 is 0 Å². The number of nitrogens with zero attached hydrogens (tertiary/aromatic N) is 2. The lowest BCUT2D eigenvalue weighted by Crippen LogP contribution is -2.10. The van der Waals surface area contributed by atoms with E-state index in [0.717, 1.165) is 16.8 Å². The van der Waals surface area contributed by atoms with E-state index in [9.17, 15) is 0 Å². The molecule has 0 saturated heterocycles. The van der Waals surface area contributed by atoms with Gasteiger partial charge >= 0.3 is 0 Å². The number of hydrogen-bond acceptors (Lipinski definition) is 4. The van der Waals surface area contributed by atoms with Crippen molar-refractivity contribution in [3.05, 3.63) is 16.1 Å². The smallest absolute Gasteiger partial charge is 0.225 e. The minimum absolute atomic E-state index is 0.528. The molecule has 0 aliphatic carbocycles. The predicted octanol–water partition coefficient (Wildman–Crippen LogP) is 3.72. The second-order valence-electron chi connectivity index (χ2n) is 4.19. The monoisotopic (exact) mass is 255 g/mol. The number of aryl methyl sites for hydroxylation is 1. The third-order valence-corrected chi connectivity index (χ3v) is 3.37. The number of rotatable bonds is 3. The summed E-state index contributed by atoms with van der Waals surface area (Å²) >= 11 is 7.75. The van der Waals surface area contributed by atoms with Gasteiger partial charge in [0.25, 0.3) is 0 Å². The van der Waals surface area contributed by atoms with Gasteiger partial charge < -0.3 is 5.32 Å². The lowest BCUT2D eigenvalue weighted by Gasteiger charge is -2.07. The Bertz CT molecular complexity index is 507. The molecular weight excluding hydrogens is 242 g/mol. The van der Waals surface area contributed by atoms with E-state index in [2.05, 4.69) is 29.1 Å². The first-order chi connectivity index (χ1) is 7.56. The average Bonchev–Trinajstić information content (AvgIpc) is 2.56. The number of anilines is 1. The van der Waals surface area contributed by atoms with Gasteiger partial charge in [0.15, 0.2) is 0 Å². The van der Waals surface area contributed by atoms with Gasteiger partial charge in [-0.05, 0) is 18.9 Å². The Morgan fingerprint density at radius 1 is 1.44 bits per heavy atom. The summed E-state index contributed by atoms with van der Waals surface area (Å²) in [5.41, 5.74) is 0. The van der Waals surface area contributed by atoms with Crippen molar-refractivity contribution < 1.29 is 0 Å². The van der Waals surface area contributed by atoms with Crippen molar-refractivity contribution in [2.24, 2.45) is 5.92 Å². The van der Waals surface area contributed by atoms with Gasteiger partial charge in [0.05, 0.1) is 0 Å². The second kappa shape index (κ2) is 4.55. The van der Waals surface area contributed by atoms with Gasteiger partial charge in [0.1, 0.15) is 9.98 Å². The maximum atomic E-state index is 6.11. The maximum Gasteiger partial charge on any atom is 0.225 e. The normalized spacial score (nSPS) is 11.3. The standard InChI is InChI=1S/C11H14ClN3S/c1-6(2)5-13-11-14-9(12)8-4-7(3)16-10(8)15-11/h4,6H,5H2,1-3H3,(H,13,14,15). The molecule has 0 amide bonds. The van der Waals surface area contributed by atoms with Crippen LogP contribution in [0.5, 0.6) is 0 Å². The molecule has 0 aliphatic heterocycles. The molecule has 2 aromatic heterocycles. The van der Waals surface area contributed by atoms with Gasteiger partial charge in [-0.2, -0.15) is 0 Å². The van der Waals surface area contributed by atoms with Crippen molar-refractivity contribution in [3.63, 3.8) is 0 Å². The van der Waals surface area contributed by atoms with Crippen molar-refractivity contribution in [1.29, 1.82) is 0 Å². The van der Waals surface area contributed by atoms with Crippen molar-refractivity contribution in [3.8, 4) is 0 Å². The molecule has 0 unspecified atom stereocenters. The molecule has 2 aromatic rings. The van der Waals surface area contributed by atoms with Crippen LogP contribution in [0.15, 0.2) is 6.07 Å². The largest absolute Gasteiger partial charge is 0.354 e. The van der Waals surface area contributed by atoms with E-state index in [-0.39, 0.29) is 0 Å². The van der Waals surface area contributed by atoms with Crippen LogP contribution >= 0.6 is 22.9 Å². The molecule has 0 saturated carbocycles. The molecule has 16 heavy (non-hydrogen) atoms. The molecule has 1 N–H and O–H groups in total. The lowest BCUT2D eigenvalue weighted by atomic mass is 10.2. The zero-order valence-corrected chi connectivity index (χ0v) is 11.1. The molecule has 0 aliphatic rings. The van der Waals surface area contributed by atoms with Gasteiger partial charge in [0, 0.05) is 16.8 Å². The Morgan fingerprint density at radius 2 is 2.19 bits per heavy atom. The van der Waals surface area contributed by atoms with Crippen LogP contribution < -0.4 is 5.32 Å². The van der Waals surface area contributed by atoms with Crippen LogP contribution in [0.25, 0.3) is 10.2 Å². The molecule has 86 valence electrons. The summed E-state index contributed by atoms with van der Waals surface area (Å²) in [5.74, 6) is 1.18. The first-order valence-electron chi connectivity index (χ1n) is 5.24. The third-order valence-electron chi connectivity index (χ3n) is 2.14. The highest BCUT2D eigenvalue weighted by Crippen LogP contribution is 2.29. The molecule has 2 heterocycles. The highest BCUT2D eigenvalue weighted by Gasteiger charge is 2.08. The Labute approximate surface area is 104 Å². The third kappa shape index (κ3) is 2.44. The summed E-state index contributed by atoms with van der Waals surface area (Å²) < 4.78 is 0. The highest BCUT2D eigenvalue weighted by molar-refractivity contribution is 7.18. The Hall–Kier alpha value is -0.870. The molecule has 0 aromatic carbocycles. The molecule has 0 radical (unpaired) electrons. The Balaban J connectivity index is 2.33. The highest BCUT2D eigenvalue weighted by atomic mass is 35.5. The van der Waals surface area contributed by atoms with Crippen molar-refractivity contribution in [1.82, 2.24) is 9.97 Å². The van der Waals surface area contributed by atoms with E-state index in [1.165, 1.54) is 4.88 Å². The summed E-state index contributed by atoms with van der Waals surface area (Å²) in [5, 5.41) is 4.66. The van der Waals surface area contributed by atoms with Gasteiger partial charge in [-0.25, -0.2) is 9.97 Å². The summed E-state index contributed by atoms with van der Waals surface area (Å²) in [6.45, 7) is 7.18. The Kier molecular flexibility index (Phi) is 3.30. The van der Waals surface area contributed by atoms with Crippen molar-refractivity contribution in [2.45, 2.75) is 20.8 Å². The number of nitrogens with one attached hydrogen (secondary N) is 1. The average molecular weight is 256 g/mol. The Morgan fingerprint density at radius 3 is 2.88 bits per heavy atom. The summed E-state index contributed by atoms with van der Waals surface area (Å²) in [7, 11) is 0. The van der Waals surface area contributed by atoms with E-state index in [1.807, 2.05) is 13.0 Å². The predicted molar refractivity (Wildman–Crippen MR) is 70.5 cm³/mol. The topological polar surface area (TPSA) is 37.8 Å². The molecule has 2 rings (SSSR count). The van der Waals surface area contributed by atoms with Crippen molar-refractivity contribution in [2.75, 3.05) is 11.9 Å². The molecule has 0 spiro atoms. The maximum absolute atomic E-state index is 6.11. The zero-order valence-electron chi connectivity index (χ0n) is 9.54. The van der Waals surface area contributed by atoms with Crippen LogP contribution in [0.3, 0.4) is 0 Å². The van der Waals surface area contributed by atoms with Crippen LogP contribution in [0, 0.1) is 12.8 Å². The summed E-state index contributed by atoms with van der Waals surface area (Å²) in [6, 6.07) is 2.02. The van der Waals surface area contributed by atoms with Gasteiger partial charge in [-0.15, -0.1) is 11.3 Å². The molecule has 0 bridgehead atoms. The van der Waals surface area contributed by atoms with E-state index in [0.29, 0.717) is 17.0 Å².